The molecule has 11 nitrogen and oxygen atoms in total. The summed E-state index contributed by atoms with van der Waals surface area (Å²) >= 11 is 0. The molecular formula is C24H30FN6O5+. The predicted octanol–water partition coefficient (Wildman–Crippen LogP) is 2.05. The van der Waals surface area contributed by atoms with Crippen LogP contribution in [0.1, 0.15) is 19.8 Å². The van der Waals surface area contributed by atoms with E-state index >= 15 is 4.39 Å². The van der Waals surface area contributed by atoms with Gasteiger partial charge in [-0.2, -0.15) is 9.28 Å². The van der Waals surface area contributed by atoms with Crippen LogP contribution in [0.5, 0.6) is 0 Å². The van der Waals surface area contributed by atoms with E-state index in [2.05, 4.69) is 25.5 Å². The SMILES string of the molecule is COC(=O)NNC1CCN(c2ccc(-c3ccc([N+]4(C(C)C(N)=O)CCOC4=O)cc3F)cn2)CC1. The van der Waals surface area contributed by atoms with Gasteiger partial charge in [0, 0.05) is 48.6 Å². The standard InChI is InChI=1S/C24H29FN6O5/c1-15(22(26)32)31(11-12-36-24(31)34)18-4-5-19(20(25)13-18)16-3-6-21(27-14-16)30-9-7-17(8-10-30)28-29-23(33)35-2/h3-6,13-15,17,28H,7-12H2,1-2H3,(H2-,26,29,32,33)/p+1. The van der Waals surface area contributed by atoms with E-state index in [-0.39, 0.29) is 19.2 Å². The summed E-state index contributed by atoms with van der Waals surface area (Å²) in [6.45, 7) is 3.34. The third-order valence-corrected chi connectivity index (χ3v) is 6.92. The van der Waals surface area contributed by atoms with Gasteiger partial charge in [-0.3, -0.25) is 10.2 Å². The minimum absolute atomic E-state index is 0.125. The Morgan fingerprint density at radius 3 is 2.58 bits per heavy atom. The number of methoxy groups -OCH3 is 1. The molecule has 36 heavy (non-hydrogen) atoms. The third kappa shape index (κ3) is 4.82. The maximum absolute atomic E-state index is 15.2. The number of nitrogens with zero attached hydrogens (tertiary/aromatic N) is 3. The number of aromatic nitrogens is 1. The maximum atomic E-state index is 15.2. The van der Waals surface area contributed by atoms with Crippen LogP contribution in [-0.4, -0.2) is 68.5 Å². The lowest BCUT2D eigenvalue weighted by atomic mass is 10.0. The summed E-state index contributed by atoms with van der Waals surface area (Å²) in [7, 11) is 1.31. The van der Waals surface area contributed by atoms with Crippen LogP contribution in [0.2, 0.25) is 0 Å². The molecule has 2 aliphatic rings. The number of pyridine rings is 1. The number of nitrogens with one attached hydrogen (secondary N) is 2. The Morgan fingerprint density at radius 1 is 1.28 bits per heavy atom. The molecule has 12 heteroatoms. The topological polar surface area (TPSA) is 136 Å². The number of hydrogen-bond acceptors (Lipinski definition) is 8. The summed E-state index contributed by atoms with van der Waals surface area (Å²) in [5, 5.41) is 0. The van der Waals surface area contributed by atoms with E-state index in [0.717, 1.165) is 31.7 Å². The Bertz CT molecular complexity index is 1140. The van der Waals surface area contributed by atoms with Crippen molar-refractivity contribution in [2.45, 2.75) is 31.8 Å². The Morgan fingerprint density at radius 2 is 2.03 bits per heavy atom. The van der Waals surface area contributed by atoms with Crippen LogP contribution in [0.3, 0.4) is 0 Å². The molecule has 2 atom stereocenters. The number of nitrogens with two attached hydrogens (primary N) is 1. The van der Waals surface area contributed by atoms with Crippen molar-refractivity contribution in [1.82, 2.24) is 20.3 Å². The number of amides is 3. The highest BCUT2D eigenvalue weighted by Gasteiger charge is 2.53. The molecule has 0 bridgehead atoms. The highest BCUT2D eigenvalue weighted by atomic mass is 19.1. The smallest absolute Gasteiger partial charge is 0.452 e. The predicted molar refractivity (Wildman–Crippen MR) is 130 cm³/mol. The molecule has 2 fully saturated rings. The van der Waals surface area contributed by atoms with Crippen LogP contribution in [0.25, 0.3) is 11.1 Å². The lowest BCUT2D eigenvalue weighted by molar-refractivity contribution is -0.121. The van der Waals surface area contributed by atoms with Crippen molar-refractivity contribution < 1.29 is 28.2 Å². The molecule has 4 rings (SSSR count). The molecule has 0 radical (unpaired) electrons. The van der Waals surface area contributed by atoms with E-state index in [1.165, 1.54) is 20.1 Å². The summed E-state index contributed by atoms with van der Waals surface area (Å²) in [5.41, 5.74) is 12.2. The Labute approximate surface area is 207 Å². The van der Waals surface area contributed by atoms with Gasteiger partial charge in [0.15, 0.2) is 6.04 Å². The number of primary amides is 1. The number of quaternary nitrogens is 1. The first kappa shape index (κ1) is 25.3. The quantitative estimate of drug-likeness (QED) is 0.388. The van der Waals surface area contributed by atoms with E-state index in [9.17, 15) is 14.4 Å². The molecular weight excluding hydrogens is 471 g/mol. The summed E-state index contributed by atoms with van der Waals surface area (Å²) in [6.07, 6.45) is 2.05. The monoisotopic (exact) mass is 501 g/mol. The number of carbonyl (C=O) groups excluding carboxylic acids is 3. The lowest BCUT2D eigenvalue weighted by Crippen LogP contribution is -2.61. The van der Waals surface area contributed by atoms with E-state index in [1.807, 2.05) is 6.07 Å². The van der Waals surface area contributed by atoms with Gasteiger partial charge >= 0.3 is 12.2 Å². The van der Waals surface area contributed by atoms with E-state index < -0.39 is 34.4 Å². The molecule has 0 aliphatic carbocycles. The highest BCUT2D eigenvalue weighted by molar-refractivity contribution is 5.93. The number of hydrogen-bond donors (Lipinski definition) is 3. The number of ether oxygens (including phenoxy) is 2. The molecule has 1 aromatic carbocycles. The van der Waals surface area contributed by atoms with Crippen molar-refractivity contribution in [3.05, 3.63) is 42.3 Å². The molecule has 3 amide bonds. The normalized spacial score (nSPS) is 21.1. The van der Waals surface area contributed by atoms with E-state index in [0.29, 0.717) is 16.8 Å². The minimum atomic E-state index is -0.901. The van der Waals surface area contributed by atoms with Gasteiger partial charge in [0.05, 0.1) is 7.11 Å². The zero-order valence-corrected chi connectivity index (χ0v) is 20.2. The number of rotatable bonds is 7. The van der Waals surface area contributed by atoms with Gasteiger partial charge in [-0.1, -0.05) is 0 Å². The molecule has 0 saturated carbocycles. The van der Waals surface area contributed by atoms with Crippen LogP contribution in [0.4, 0.5) is 25.5 Å². The van der Waals surface area contributed by atoms with Gasteiger partial charge in [-0.05, 0) is 38.0 Å². The fourth-order valence-corrected chi connectivity index (χ4v) is 4.69. The Balaban J connectivity index is 1.46. The molecule has 192 valence electrons. The summed E-state index contributed by atoms with van der Waals surface area (Å²) < 4.78 is 24.4. The molecule has 2 saturated heterocycles. The third-order valence-electron chi connectivity index (χ3n) is 6.92. The molecule has 2 aromatic rings. The first-order chi connectivity index (χ1) is 17.3. The summed E-state index contributed by atoms with van der Waals surface area (Å²) in [4.78, 5) is 42.3. The van der Waals surface area contributed by atoms with Crippen LogP contribution in [0, 0.1) is 5.82 Å². The van der Waals surface area contributed by atoms with Crippen molar-refractivity contribution in [3.63, 3.8) is 0 Å². The van der Waals surface area contributed by atoms with Gasteiger partial charge in [0.2, 0.25) is 0 Å². The summed E-state index contributed by atoms with van der Waals surface area (Å²) in [6, 6.07) is 7.32. The number of carbonyl (C=O) groups is 3. The van der Waals surface area contributed by atoms with Crippen LogP contribution in [0.15, 0.2) is 36.5 Å². The number of hydrazine groups is 1. The largest absolute Gasteiger partial charge is 0.522 e. The number of benzene rings is 1. The molecule has 4 N–H and O–H groups in total. The fraction of sp³-hybridized carbons (Fsp3) is 0.417. The Hall–Kier alpha value is -3.77. The first-order valence-corrected chi connectivity index (χ1v) is 11.7. The van der Waals surface area contributed by atoms with Crippen molar-refractivity contribution >= 4 is 29.6 Å². The highest BCUT2D eigenvalue weighted by Crippen LogP contribution is 2.35. The van der Waals surface area contributed by atoms with Crippen LogP contribution < -0.4 is 26.0 Å². The molecule has 1 aromatic heterocycles. The van der Waals surface area contributed by atoms with Gasteiger partial charge in [0.1, 0.15) is 30.5 Å². The number of halogens is 1. The first-order valence-electron chi connectivity index (χ1n) is 11.7. The van der Waals surface area contributed by atoms with Gasteiger partial charge in [-0.25, -0.2) is 19.6 Å². The van der Waals surface area contributed by atoms with Gasteiger partial charge < -0.3 is 20.1 Å². The molecule has 0 spiro atoms. The average Bonchev–Trinajstić information content (AvgIpc) is 3.29. The second-order valence-corrected chi connectivity index (χ2v) is 8.88. The van der Waals surface area contributed by atoms with Gasteiger partial charge in [0.25, 0.3) is 5.91 Å². The Kier molecular flexibility index (Phi) is 7.36. The lowest BCUT2D eigenvalue weighted by Gasteiger charge is -2.33. The zero-order chi connectivity index (χ0) is 25.9. The van der Waals surface area contributed by atoms with Crippen LogP contribution in [-0.2, 0) is 14.3 Å². The average molecular weight is 502 g/mol. The van der Waals surface area contributed by atoms with Crippen molar-refractivity contribution in [2.75, 3.05) is 38.3 Å². The molecule has 2 unspecified atom stereocenters. The number of anilines is 1. The number of cyclic esters (lactones) is 1. The van der Waals surface area contributed by atoms with Crippen LogP contribution >= 0.6 is 0 Å². The second-order valence-electron chi connectivity index (χ2n) is 8.88. The van der Waals surface area contributed by atoms with E-state index in [1.54, 1.807) is 24.4 Å². The van der Waals surface area contributed by atoms with Crippen molar-refractivity contribution in [3.8, 4) is 11.1 Å². The summed E-state index contributed by atoms with van der Waals surface area (Å²) in [5.74, 6) is -0.437. The molecule has 2 aliphatic heterocycles. The minimum Gasteiger partial charge on any atom is -0.452 e. The zero-order valence-electron chi connectivity index (χ0n) is 20.2. The van der Waals surface area contributed by atoms with Crippen molar-refractivity contribution in [2.24, 2.45) is 5.73 Å². The molecule has 3 heterocycles. The van der Waals surface area contributed by atoms with E-state index in [4.69, 9.17) is 10.5 Å². The fourth-order valence-electron chi connectivity index (χ4n) is 4.69. The van der Waals surface area contributed by atoms with Crippen molar-refractivity contribution in [1.29, 1.82) is 0 Å². The maximum Gasteiger partial charge on any atom is 0.522 e. The number of piperidine rings is 1. The van der Waals surface area contributed by atoms with Gasteiger partial charge in [-0.15, -0.1) is 0 Å². The second kappa shape index (κ2) is 10.5.